The summed E-state index contributed by atoms with van der Waals surface area (Å²) in [5.41, 5.74) is 2.34. The van der Waals surface area contributed by atoms with E-state index in [2.05, 4.69) is 4.98 Å². The molecule has 210 valence electrons. The van der Waals surface area contributed by atoms with Gasteiger partial charge in [-0.3, -0.25) is 14.5 Å². The van der Waals surface area contributed by atoms with E-state index < -0.39 is 17.7 Å². The van der Waals surface area contributed by atoms with Gasteiger partial charge in [0.1, 0.15) is 23.4 Å². The first kappa shape index (κ1) is 26.6. The van der Waals surface area contributed by atoms with Gasteiger partial charge in [0.25, 0.3) is 5.78 Å². The van der Waals surface area contributed by atoms with E-state index in [4.69, 9.17) is 14.2 Å². The third-order valence-electron chi connectivity index (χ3n) is 7.08. The first-order chi connectivity index (χ1) is 19.8. The van der Waals surface area contributed by atoms with Gasteiger partial charge in [-0.25, -0.2) is 4.98 Å². The number of carbonyl (C=O) groups is 2. The topological polar surface area (TPSA) is 118 Å². The van der Waals surface area contributed by atoms with Crippen LogP contribution in [0.1, 0.15) is 43.5 Å². The number of aromatic nitrogens is 1. The molecule has 1 fully saturated rings. The molecule has 41 heavy (non-hydrogen) atoms. The Morgan fingerprint density at radius 3 is 2.66 bits per heavy atom. The number of ether oxygens (including phenoxy) is 3. The van der Waals surface area contributed by atoms with Crippen LogP contribution in [-0.4, -0.2) is 46.2 Å². The van der Waals surface area contributed by atoms with Crippen molar-refractivity contribution in [2.75, 3.05) is 18.1 Å². The Morgan fingerprint density at radius 2 is 1.88 bits per heavy atom. The fraction of sp³-hybridized carbons (Fsp3) is 0.258. The smallest absolute Gasteiger partial charge is 0.301 e. The number of anilines is 1. The molecule has 3 aromatic carbocycles. The summed E-state index contributed by atoms with van der Waals surface area (Å²) in [5.74, 6) is -0.434. The van der Waals surface area contributed by atoms with Gasteiger partial charge in [0.05, 0.1) is 35.0 Å². The second-order valence-corrected chi connectivity index (χ2v) is 10.9. The average molecular weight is 573 g/mol. The van der Waals surface area contributed by atoms with Gasteiger partial charge in [0.15, 0.2) is 16.6 Å². The van der Waals surface area contributed by atoms with Crippen LogP contribution in [0.15, 0.2) is 60.2 Å². The summed E-state index contributed by atoms with van der Waals surface area (Å²) < 4.78 is 17.8. The highest BCUT2D eigenvalue weighted by molar-refractivity contribution is 7.22. The van der Waals surface area contributed by atoms with E-state index in [1.54, 1.807) is 49.4 Å². The third kappa shape index (κ3) is 4.63. The molecule has 0 aliphatic carbocycles. The molecule has 3 heterocycles. The lowest BCUT2D eigenvalue weighted by Crippen LogP contribution is -2.29. The minimum Gasteiger partial charge on any atom is -0.507 e. The monoisotopic (exact) mass is 572 g/mol. The van der Waals surface area contributed by atoms with Gasteiger partial charge in [0.2, 0.25) is 0 Å². The molecule has 2 atom stereocenters. The van der Waals surface area contributed by atoms with E-state index in [0.29, 0.717) is 47.2 Å². The van der Waals surface area contributed by atoms with Crippen molar-refractivity contribution in [2.24, 2.45) is 0 Å². The van der Waals surface area contributed by atoms with Crippen LogP contribution in [0.2, 0.25) is 0 Å². The molecule has 6 rings (SSSR count). The Morgan fingerprint density at radius 1 is 1.07 bits per heavy atom. The highest BCUT2D eigenvalue weighted by Crippen LogP contribution is 2.46. The van der Waals surface area contributed by atoms with Crippen molar-refractivity contribution in [1.82, 2.24) is 4.98 Å². The second kappa shape index (κ2) is 10.4. The lowest BCUT2D eigenvalue weighted by atomic mass is 9.94. The lowest BCUT2D eigenvalue weighted by Gasteiger charge is -2.23. The van der Waals surface area contributed by atoms with Crippen molar-refractivity contribution < 1.29 is 34.0 Å². The predicted molar refractivity (Wildman–Crippen MR) is 155 cm³/mol. The minimum absolute atomic E-state index is 0.00392. The highest BCUT2D eigenvalue weighted by atomic mass is 32.1. The molecule has 1 amide bonds. The van der Waals surface area contributed by atoms with Crippen molar-refractivity contribution in [3.05, 3.63) is 76.9 Å². The maximum Gasteiger partial charge on any atom is 0.301 e. The van der Waals surface area contributed by atoms with Gasteiger partial charge in [-0.05, 0) is 80.4 Å². The van der Waals surface area contributed by atoms with Crippen LogP contribution in [-0.2, 0) is 16.0 Å². The molecule has 0 radical (unpaired) electrons. The number of hydrogen-bond donors (Lipinski definition) is 2. The van der Waals surface area contributed by atoms with Gasteiger partial charge in [-0.1, -0.05) is 17.4 Å². The summed E-state index contributed by atoms with van der Waals surface area (Å²) >= 11 is 1.24. The highest BCUT2D eigenvalue weighted by Gasteiger charge is 2.48. The zero-order valence-corrected chi connectivity index (χ0v) is 23.5. The standard InChI is InChI=1S/C31H28N2O7S/c1-4-38-20-8-9-21-25(15-20)41-31(32-21)33-27(17-6-10-22(34)24(14-17)39-5-2)26(29(36)30(33)37)28(35)18-7-11-23-19(13-18)12-16(3)40-23/h6-11,13-16,27,34-35H,4-5,12H2,1-3H3/t16-,27-/m1/s1. The third-order valence-corrected chi connectivity index (χ3v) is 8.10. The van der Waals surface area contributed by atoms with E-state index >= 15 is 0 Å². The number of Topliss-reactive ketones (excluding diaryl/α,β-unsaturated/α-hetero) is 1. The van der Waals surface area contributed by atoms with Gasteiger partial charge in [-0.15, -0.1) is 0 Å². The SMILES string of the molecule is CCOc1ccc2nc(N3C(=O)C(=O)C(=C(O)c4ccc5c(c4)C[C@@H](C)O5)[C@H]3c3ccc(O)c(OCC)c3)sc2c1. The van der Waals surface area contributed by atoms with Gasteiger partial charge in [-0.2, -0.15) is 0 Å². The molecule has 4 aromatic rings. The first-order valence-corrected chi connectivity index (χ1v) is 14.2. The number of hydrogen-bond acceptors (Lipinski definition) is 9. The Balaban J connectivity index is 1.53. The zero-order valence-electron chi connectivity index (χ0n) is 22.7. The molecular weight excluding hydrogens is 544 g/mol. The molecule has 0 bridgehead atoms. The lowest BCUT2D eigenvalue weighted by molar-refractivity contribution is -0.132. The van der Waals surface area contributed by atoms with E-state index in [0.717, 1.165) is 16.0 Å². The summed E-state index contributed by atoms with van der Waals surface area (Å²) in [4.78, 5) is 33.3. The van der Waals surface area contributed by atoms with Crippen LogP contribution in [0.3, 0.4) is 0 Å². The number of benzene rings is 3. The number of nitrogens with zero attached hydrogens (tertiary/aromatic N) is 2. The van der Waals surface area contributed by atoms with Gasteiger partial charge < -0.3 is 24.4 Å². The number of phenolic OH excluding ortho intramolecular Hbond substituents is 1. The number of amides is 1. The summed E-state index contributed by atoms with van der Waals surface area (Å²) in [7, 11) is 0. The van der Waals surface area contributed by atoms with E-state index in [-0.39, 0.29) is 28.9 Å². The van der Waals surface area contributed by atoms with Crippen LogP contribution in [0, 0.1) is 0 Å². The normalized spacial score (nSPS) is 19.4. The minimum atomic E-state index is -1.02. The largest absolute Gasteiger partial charge is 0.507 e. The number of aromatic hydroxyl groups is 1. The molecule has 0 unspecified atom stereocenters. The van der Waals surface area contributed by atoms with Crippen molar-refractivity contribution in [2.45, 2.75) is 39.3 Å². The Kier molecular flexibility index (Phi) is 6.78. The zero-order chi connectivity index (χ0) is 28.8. The molecular formula is C31H28N2O7S. The molecule has 0 saturated carbocycles. The Labute approximate surface area is 240 Å². The van der Waals surface area contributed by atoms with Crippen molar-refractivity contribution in [1.29, 1.82) is 0 Å². The van der Waals surface area contributed by atoms with Crippen LogP contribution in [0.25, 0.3) is 16.0 Å². The van der Waals surface area contributed by atoms with Crippen LogP contribution in [0.5, 0.6) is 23.0 Å². The summed E-state index contributed by atoms with van der Waals surface area (Å²) in [6.45, 7) is 6.44. The van der Waals surface area contributed by atoms with Gasteiger partial charge >= 0.3 is 5.91 Å². The molecule has 0 spiro atoms. The Hall–Kier alpha value is -4.57. The second-order valence-electron chi connectivity index (χ2n) is 9.84. The fourth-order valence-electron chi connectivity index (χ4n) is 5.29. The molecule has 1 aromatic heterocycles. The quantitative estimate of drug-likeness (QED) is 0.163. The summed E-state index contributed by atoms with van der Waals surface area (Å²) in [6, 6.07) is 14.3. The van der Waals surface area contributed by atoms with Crippen molar-refractivity contribution in [3.8, 4) is 23.0 Å². The van der Waals surface area contributed by atoms with E-state index in [9.17, 15) is 19.8 Å². The first-order valence-electron chi connectivity index (χ1n) is 13.4. The predicted octanol–water partition coefficient (Wildman–Crippen LogP) is 5.75. The van der Waals surface area contributed by atoms with Crippen LogP contribution < -0.4 is 19.1 Å². The molecule has 10 heteroatoms. The van der Waals surface area contributed by atoms with E-state index in [1.807, 2.05) is 19.9 Å². The number of thiazole rings is 1. The summed E-state index contributed by atoms with van der Waals surface area (Å²) in [6.07, 6.45) is 0.670. The molecule has 9 nitrogen and oxygen atoms in total. The number of phenols is 1. The molecule has 2 aliphatic rings. The number of aliphatic hydroxyl groups is 1. The van der Waals surface area contributed by atoms with Crippen molar-refractivity contribution in [3.63, 3.8) is 0 Å². The fourth-order valence-corrected chi connectivity index (χ4v) is 6.31. The summed E-state index contributed by atoms with van der Waals surface area (Å²) in [5, 5.41) is 22.2. The number of aliphatic hydroxyl groups excluding tert-OH is 1. The maximum atomic E-state index is 13.7. The maximum absolute atomic E-state index is 13.7. The van der Waals surface area contributed by atoms with Crippen LogP contribution >= 0.6 is 11.3 Å². The number of fused-ring (bicyclic) bond motifs is 2. The molecule has 2 N–H and O–H groups in total. The molecule has 2 aliphatic heterocycles. The van der Waals surface area contributed by atoms with E-state index in [1.165, 1.54) is 22.3 Å². The Bertz CT molecular complexity index is 1730. The number of carbonyl (C=O) groups excluding carboxylic acids is 2. The van der Waals surface area contributed by atoms with Crippen LogP contribution in [0.4, 0.5) is 5.13 Å². The molecule has 1 saturated heterocycles. The van der Waals surface area contributed by atoms with Gasteiger partial charge in [0, 0.05) is 12.0 Å². The number of rotatable bonds is 7. The average Bonchev–Trinajstić information content (AvgIpc) is 3.62. The van der Waals surface area contributed by atoms with Crippen molar-refractivity contribution >= 4 is 44.1 Å². The number of ketones is 1.